The van der Waals surface area contributed by atoms with Crippen LogP contribution in [0.4, 0.5) is 14.5 Å². The van der Waals surface area contributed by atoms with Gasteiger partial charge < -0.3 is 30.0 Å². The molecule has 2 unspecified atom stereocenters. The number of benzene rings is 2. The first-order valence-corrected chi connectivity index (χ1v) is 14.5. The average molecular weight is 633 g/mol. The van der Waals surface area contributed by atoms with E-state index in [1.807, 2.05) is 0 Å². The summed E-state index contributed by atoms with van der Waals surface area (Å²) in [4.78, 5) is 53.5. The van der Waals surface area contributed by atoms with E-state index in [0.717, 1.165) is 21.8 Å². The minimum absolute atomic E-state index is 0.0137. The fourth-order valence-electron chi connectivity index (χ4n) is 5.70. The van der Waals surface area contributed by atoms with Crippen LogP contribution in [-0.2, 0) is 18.9 Å². The Labute approximate surface area is 261 Å². The Balaban J connectivity index is 1.29. The van der Waals surface area contributed by atoms with E-state index in [1.165, 1.54) is 51.5 Å². The van der Waals surface area contributed by atoms with Crippen LogP contribution in [0.3, 0.4) is 0 Å². The average Bonchev–Trinajstić information content (AvgIpc) is 3.66. The fourth-order valence-corrected chi connectivity index (χ4v) is 5.70. The largest absolute Gasteiger partial charge is 0.491 e. The van der Waals surface area contributed by atoms with E-state index in [9.17, 15) is 19.2 Å². The van der Waals surface area contributed by atoms with Crippen LogP contribution in [0, 0.1) is 11.6 Å². The lowest BCUT2D eigenvalue weighted by atomic mass is 9.98. The van der Waals surface area contributed by atoms with Gasteiger partial charge in [-0.2, -0.15) is 0 Å². The standard InChI is InChI=1S/C32H30F2N6O6/c1-39-14-20(31(43)40(2)32(39)44)29(42)37-21-9-5-7-18(28(21)34)17-6-4-8-19(27(17)33)22-12-24-26(30(38-22)45-3)23(15-46-24)35-13-16-10-11-25(41)36-16/h4-9,12,14,16,23,35H,10-11,13,15H2,1-3H3,(H,36,41)(H,37,42). The molecule has 0 radical (unpaired) electrons. The Bertz CT molecular complexity index is 2010. The molecular formula is C32H30F2N6O6. The Kier molecular flexibility index (Phi) is 8.13. The summed E-state index contributed by atoms with van der Waals surface area (Å²) in [5, 5.41) is 8.66. The van der Waals surface area contributed by atoms with Crippen molar-refractivity contribution in [3.8, 4) is 34.0 Å². The molecule has 2 aromatic heterocycles. The summed E-state index contributed by atoms with van der Waals surface area (Å²) >= 11 is 0. The third-order valence-electron chi connectivity index (χ3n) is 8.13. The van der Waals surface area contributed by atoms with Gasteiger partial charge in [-0.05, 0) is 18.6 Å². The molecule has 238 valence electrons. The van der Waals surface area contributed by atoms with Crippen LogP contribution in [0.5, 0.6) is 11.6 Å². The van der Waals surface area contributed by atoms with Crippen molar-refractivity contribution in [3.63, 3.8) is 0 Å². The van der Waals surface area contributed by atoms with Crippen LogP contribution in [0.15, 0.2) is 58.3 Å². The zero-order valence-electron chi connectivity index (χ0n) is 25.1. The second kappa shape index (κ2) is 12.2. The second-order valence-corrected chi connectivity index (χ2v) is 11.1. The molecule has 0 saturated carbocycles. The van der Waals surface area contributed by atoms with E-state index in [0.29, 0.717) is 24.3 Å². The number of hydrogen-bond donors (Lipinski definition) is 3. The molecule has 3 N–H and O–H groups in total. The lowest BCUT2D eigenvalue weighted by Gasteiger charge is -2.17. The molecule has 12 nitrogen and oxygen atoms in total. The van der Waals surface area contributed by atoms with Crippen molar-refractivity contribution in [1.29, 1.82) is 0 Å². The van der Waals surface area contributed by atoms with Crippen molar-refractivity contribution >= 4 is 17.5 Å². The van der Waals surface area contributed by atoms with Crippen LogP contribution < -0.4 is 36.7 Å². The normalized spacial score (nSPS) is 16.9. The quantitative estimate of drug-likeness (QED) is 0.269. The van der Waals surface area contributed by atoms with Crippen LogP contribution in [0.25, 0.3) is 22.4 Å². The second-order valence-electron chi connectivity index (χ2n) is 11.1. The number of fused-ring (bicyclic) bond motifs is 1. The zero-order valence-corrected chi connectivity index (χ0v) is 25.1. The molecule has 0 spiro atoms. The highest BCUT2D eigenvalue weighted by Crippen LogP contribution is 2.42. The molecule has 4 aromatic rings. The number of anilines is 1. The molecule has 2 aliphatic rings. The number of nitrogens with one attached hydrogen (secondary N) is 3. The van der Waals surface area contributed by atoms with E-state index in [1.54, 1.807) is 12.1 Å². The summed E-state index contributed by atoms with van der Waals surface area (Å²) in [6.07, 6.45) is 2.30. The summed E-state index contributed by atoms with van der Waals surface area (Å²) < 4.78 is 45.3. The van der Waals surface area contributed by atoms with Crippen LogP contribution in [0.2, 0.25) is 0 Å². The van der Waals surface area contributed by atoms with Gasteiger partial charge in [0.25, 0.3) is 11.5 Å². The number of carbonyl (C=O) groups is 2. The summed E-state index contributed by atoms with van der Waals surface area (Å²) in [7, 11) is 4.05. The van der Waals surface area contributed by atoms with Crippen molar-refractivity contribution in [2.75, 3.05) is 25.6 Å². The highest BCUT2D eigenvalue weighted by molar-refractivity contribution is 6.04. The minimum Gasteiger partial charge on any atom is -0.491 e. The number of amides is 2. The Morgan fingerprint density at radius 1 is 1.09 bits per heavy atom. The number of pyridine rings is 1. The number of rotatable bonds is 8. The van der Waals surface area contributed by atoms with Gasteiger partial charge in [0.2, 0.25) is 11.8 Å². The van der Waals surface area contributed by atoms with Crippen LogP contribution in [-0.4, -0.2) is 52.2 Å². The summed E-state index contributed by atoms with van der Waals surface area (Å²) in [5.74, 6) is -1.91. The van der Waals surface area contributed by atoms with Gasteiger partial charge in [0.05, 0.1) is 30.1 Å². The van der Waals surface area contributed by atoms with Crippen molar-refractivity contribution in [1.82, 2.24) is 24.8 Å². The topological polar surface area (TPSA) is 146 Å². The molecule has 2 atom stereocenters. The van der Waals surface area contributed by atoms with Crippen molar-refractivity contribution in [2.45, 2.75) is 24.9 Å². The first kappa shape index (κ1) is 30.6. The van der Waals surface area contributed by atoms with E-state index in [-0.39, 0.29) is 64.1 Å². The molecule has 14 heteroatoms. The highest BCUT2D eigenvalue weighted by atomic mass is 19.1. The van der Waals surface area contributed by atoms with Gasteiger partial charge in [-0.1, -0.05) is 24.3 Å². The Morgan fingerprint density at radius 3 is 2.52 bits per heavy atom. The van der Waals surface area contributed by atoms with Crippen LogP contribution >= 0.6 is 0 Å². The molecule has 6 rings (SSSR count). The molecule has 2 aromatic carbocycles. The van der Waals surface area contributed by atoms with Crippen molar-refractivity contribution in [3.05, 3.63) is 92.3 Å². The van der Waals surface area contributed by atoms with Gasteiger partial charge >= 0.3 is 5.69 Å². The maximum Gasteiger partial charge on any atom is 0.330 e. The minimum atomic E-state index is -0.934. The van der Waals surface area contributed by atoms with Gasteiger partial charge in [0, 0.05) is 62.1 Å². The third kappa shape index (κ3) is 5.51. The molecule has 46 heavy (non-hydrogen) atoms. The molecule has 1 saturated heterocycles. The number of hydrogen-bond acceptors (Lipinski definition) is 8. The highest BCUT2D eigenvalue weighted by Gasteiger charge is 2.32. The van der Waals surface area contributed by atoms with Crippen molar-refractivity contribution < 1.29 is 27.8 Å². The van der Waals surface area contributed by atoms with Crippen LogP contribution in [0.1, 0.15) is 34.8 Å². The molecular weight excluding hydrogens is 602 g/mol. The molecule has 2 aliphatic heterocycles. The summed E-state index contributed by atoms with van der Waals surface area (Å²) in [5.41, 5.74) is -1.42. The number of halogens is 2. The number of carbonyl (C=O) groups excluding carboxylic acids is 2. The number of nitrogens with zero attached hydrogens (tertiary/aromatic N) is 3. The SMILES string of the molecule is COc1nc(-c2cccc(-c3cccc(NC(=O)c4cn(C)c(=O)n(C)c4=O)c3F)c2F)cc2c1C(NCC1CCC(=O)N1)CO2. The number of methoxy groups -OCH3 is 1. The monoisotopic (exact) mass is 632 g/mol. The van der Waals surface area contributed by atoms with Gasteiger partial charge in [-0.25, -0.2) is 18.6 Å². The molecule has 1 fully saturated rings. The number of aromatic nitrogens is 3. The molecule has 2 amide bonds. The van der Waals surface area contributed by atoms with Gasteiger partial charge in [0.15, 0.2) is 5.82 Å². The van der Waals surface area contributed by atoms with E-state index >= 15 is 8.78 Å². The van der Waals surface area contributed by atoms with Gasteiger partial charge in [-0.3, -0.25) is 19.0 Å². The maximum absolute atomic E-state index is 16.2. The molecule has 0 aliphatic carbocycles. The summed E-state index contributed by atoms with van der Waals surface area (Å²) in [6.45, 7) is 0.822. The summed E-state index contributed by atoms with van der Waals surface area (Å²) in [6, 6.07) is 9.88. The predicted molar refractivity (Wildman–Crippen MR) is 164 cm³/mol. The first-order chi connectivity index (χ1) is 22.1. The maximum atomic E-state index is 16.2. The number of aryl methyl sites for hydroxylation is 1. The number of ether oxygens (including phenoxy) is 2. The molecule has 0 bridgehead atoms. The predicted octanol–water partition coefficient (Wildman–Crippen LogP) is 2.65. The van der Waals surface area contributed by atoms with E-state index in [2.05, 4.69) is 20.9 Å². The zero-order chi connectivity index (χ0) is 32.7. The Morgan fingerprint density at radius 2 is 1.80 bits per heavy atom. The van der Waals surface area contributed by atoms with Gasteiger partial charge in [0.1, 0.15) is 23.7 Å². The van der Waals surface area contributed by atoms with E-state index < -0.39 is 28.8 Å². The smallest absolute Gasteiger partial charge is 0.330 e. The Hall–Kier alpha value is -5.37. The molecule has 4 heterocycles. The first-order valence-electron chi connectivity index (χ1n) is 14.5. The third-order valence-corrected chi connectivity index (χ3v) is 8.13. The van der Waals surface area contributed by atoms with E-state index in [4.69, 9.17) is 9.47 Å². The van der Waals surface area contributed by atoms with Crippen molar-refractivity contribution in [2.24, 2.45) is 14.1 Å². The lowest BCUT2D eigenvalue weighted by molar-refractivity contribution is -0.119. The lowest BCUT2D eigenvalue weighted by Crippen LogP contribution is -2.40. The fraction of sp³-hybridized carbons (Fsp3) is 0.281. The van der Waals surface area contributed by atoms with Gasteiger partial charge in [-0.15, -0.1) is 0 Å².